The van der Waals surface area contributed by atoms with Gasteiger partial charge in [0.05, 0.1) is 0 Å². The highest BCUT2D eigenvalue weighted by atomic mass is 16.3. The number of piperazine rings is 1. The van der Waals surface area contributed by atoms with Crippen molar-refractivity contribution in [1.29, 1.82) is 0 Å². The third kappa shape index (κ3) is 4.49. The van der Waals surface area contributed by atoms with Crippen LogP contribution in [-0.2, 0) is 0 Å². The molecule has 3 aromatic rings. The summed E-state index contributed by atoms with van der Waals surface area (Å²) in [6.45, 7) is 5.16. The number of hydrogen-bond acceptors (Lipinski definition) is 3. The SMILES string of the molecule is Oc1c2cc(N3CCN(CC=Cc4ccccc4)CC3)ccc2cn1C1CCCCC1. The van der Waals surface area contributed by atoms with E-state index in [4.69, 9.17) is 0 Å². The van der Waals surface area contributed by atoms with E-state index in [2.05, 4.69) is 81.2 Å². The molecule has 0 radical (unpaired) electrons. The second-order valence-electron chi connectivity index (χ2n) is 9.02. The van der Waals surface area contributed by atoms with Crippen molar-refractivity contribution in [2.24, 2.45) is 0 Å². The Morgan fingerprint density at radius 3 is 2.45 bits per heavy atom. The van der Waals surface area contributed by atoms with E-state index in [1.54, 1.807) is 0 Å². The number of aromatic nitrogens is 1. The largest absolute Gasteiger partial charge is 0.494 e. The Hall–Kier alpha value is -2.72. The predicted molar refractivity (Wildman–Crippen MR) is 130 cm³/mol. The molecule has 2 aromatic carbocycles. The number of fused-ring (bicyclic) bond motifs is 1. The highest BCUT2D eigenvalue weighted by Gasteiger charge is 2.21. The molecule has 31 heavy (non-hydrogen) atoms. The maximum atomic E-state index is 10.9. The normalized spacial score (nSPS) is 18.9. The van der Waals surface area contributed by atoms with Gasteiger partial charge in [0.25, 0.3) is 0 Å². The van der Waals surface area contributed by atoms with Crippen molar-refractivity contribution in [3.63, 3.8) is 0 Å². The molecule has 4 heteroatoms. The summed E-state index contributed by atoms with van der Waals surface area (Å²) >= 11 is 0. The summed E-state index contributed by atoms with van der Waals surface area (Å²) in [5, 5.41) is 13.1. The Bertz CT molecular complexity index is 1030. The van der Waals surface area contributed by atoms with Crippen LogP contribution in [0.2, 0.25) is 0 Å². The van der Waals surface area contributed by atoms with Crippen LogP contribution in [0.5, 0.6) is 5.88 Å². The smallest absolute Gasteiger partial charge is 0.199 e. The Balaban J connectivity index is 1.22. The van der Waals surface area contributed by atoms with Crippen molar-refractivity contribution in [2.45, 2.75) is 38.1 Å². The first-order chi connectivity index (χ1) is 15.3. The summed E-state index contributed by atoms with van der Waals surface area (Å²) in [6, 6.07) is 17.5. The third-order valence-electron chi connectivity index (χ3n) is 6.98. The molecule has 1 aromatic heterocycles. The lowest BCUT2D eigenvalue weighted by Gasteiger charge is -2.35. The summed E-state index contributed by atoms with van der Waals surface area (Å²) in [5.74, 6) is 0.452. The molecule has 5 rings (SSSR count). The number of rotatable bonds is 5. The minimum Gasteiger partial charge on any atom is -0.494 e. The molecule has 1 saturated heterocycles. The van der Waals surface area contributed by atoms with Crippen LogP contribution in [0.3, 0.4) is 0 Å². The molecule has 0 atom stereocenters. The van der Waals surface area contributed by atoms with Crippen molar-refractivity contribution in [2.75, 3.05) is 37.6 Å². The molecule has 0 spiro atoms. The Kier molecular flexibility index (Phi) is 5.99. The fraction of sp³-hybridized carbons (Fsp3) is 0.407. The van der Waals surface area contributed by atoms with E-state index in [1.807, 2.05) is 0 Å². The highest BCUT2D eigenvalue weighted by Crippen LogP contribution is 2.37. The number of anilines is 1. The van der Waals surface area contributed by atoms with Gasteiger partial charge in [-0.3, -0.25) is 4.90 Å². The first-order valence-corrected chi connectivity index (χ1v) is 11.8. The van der Waals surface area contributed by atoms with Crippen molar-refractivity contribution in [3.8, 4) is 5.88 Å². The molecule has 2 aliphatic rings. The minimum atomic E-state index is 0.452. The van der Waals surface area contributed by atoms with Gasteiger partial charge in [-0.2, -0.15) is 0 Å². The van der Waals surface area contributed by atoms with Crippen LogP contribution < -0.4 is 4.90 Å². The summed E-state index contributed by atoms with van der Waals surface area (Å²) in [6.07, 6.45) is 12.9. The number of aromatic hydroxyl groups is 1. The van der Waals surface area contributed by atoms with E-state index < -0.39 is 0 Å². The van der Waals surface area contributed by atoms with Gasteiger partial charge in [-0.05, 0) is 30.5 Å². The van der Waals surface area contributed by atoms with Gasteiger partial charge in [-0.25, -0.2) is 0 Å². The summed E-state index contributed by atoms with van der Waals surface area (Å²) in [4.78, 5) is 4.96. The second kappa shape index (κ2) is 9.19. The van der Waals surface area contributed by atoms with Crippen LogP contribution in [0.15, 0.2) is 60.8 Å². The molecular formula is C27H33N3O. The molecule has 0 unspecified atom stereocenters. The summed E-state index contributed by atoms with van der Waals surface area (Å²) in [7, 11) is 0. The molecule has 2 fully saturated rings. The van der Waals surface area contributed by atoms with E-state index in [0.29, 0.717) is 11.9 Å². The average molecular weight is 416 g/mol. The van der Waals surface area contributed by atoms with E-state index in [0.717, 1.165) is 43.5 Å². The standard InChI is InChI=1S/C27H33N3O/c31-27-26-20-25(14-13-23(26)21-30(27)24-11-5-2-6-12-24)29-18-16-28(17-19-29)15-7-10-22-8-3-1-4-9-22/h1,3-4,7-10,13-14,20-21,24,31H,2,5-6,11-12,15-19H2. The van der Waals surface area contributed by atoms with Crippen LogP contribution in [0.1, 0.15) is 43.7 Å². The fourth-order valence-corrected chi connectivity index (χ4v) is 5.13. The summed E-state index contributed by atoms with van der Waals surface area (Å²) < 4.78 is 2.13. The molecule has 2 heterocycles. The number of hydrogen-bond donors (Lipinski definition) is 1. The lowest BCUT2D eigenvalue weighted by molar-refractivity contribution is 0.284. The van der Waals surface area contributed by atoms with E-state index in [9.17, 15) is 5.11 Å². The van der Waals surface area contributed by atoms with Crippen molar-refractivity contribution >= 4 is 22.5 Å². The topological polar surface area (TPSA) is 31.6 Å². The quantitative estimate of drug-likeness (QED) is 0.581. The number of nitrogens with zero attached hydrogens (tertiary/aromatic N) is 3. The van der Waals surface area contributed by atoms with Gasteiger partial charge in [-0.1, -0.05) is 67.8 Å². The fourth-order valence-electron chi connectivity index (χ4n) is 5.13. The molecular weight excluding hydrogens is 382 g/mol. The van der Waals surface area contributed by atoms with Gasteiger partial charge in [-0.15, -0.1) is 0 Å². The molecule has 0 amide bonds. The highest BCUT2D eigenvalue weighted by molar-refractivity contribution is 5.91. The molecule has 1 N–H and O–H groups in total. The lowest BCUT2D eigenvalue weighted by atomic mass is 9.95. The zero-order chi connectivity index (χ0) is 21.0. The Labute approximate surface area is 185 Å². The maximum absolute atomic E-state index is 10.9. The predicted octanol–water partition coefficient (Wildman–Crippen LogP) is 5.69. The summed E-state index contributed by atoms with van der Waals surface area (Å²) in [5.41, 5.74) is 2.48. The average Bonchev–Trinajstić information content (AvgIpc) is 3.17. The second-order valence-corrected chi connectivity index (χ2v) is 9.02. The monoisotopic (exact) mass is 415 g/mol. The van der Waals surface area contributed by atoms with Crippen LogP contribution in [0.25, 0.3) is 16.8 Å². The van der Waals surface area contributed by atoms with Gasteiger partial charge in [0.2, 0.25) is 0 Å². The first-order valence-electron chi connectivity index (χ1n) is 11.8. The van der Waals surface area contributed by atoms with Gasteiger partial charge in [0.15, 0.2) is 5.88 Å². The zero-order valence-corrected chi connectivity index (χ0v) is 18.3. The van der Waals surface area contributed by atoms with Crippen molar-refractivity contribution in [3.05, 3.63) is 66.4 Å². The Morgan fingerprint density at radius 1 is 0.903 bits per heavy atom. The van der Waals surface area contributed by atoms with Crippen LogP contribution >= 0.6 is 0 Å². The molecule has 1 aliphatic heterocycles. The number of benzene rings is 2. The van der Waals surface area contributed by atoms with Crippen LogP contribution in [-0.4, -0.2) is 47.3 Å². The minimum absolute atomic E-state index is 0.452. The van der Waals surface area contributed by atoms with E-state index in [1.165, 1.54) is 43.4 Å². The van der Waals surface area contributed by atoms with Gasteiger partial charge in [0, 0.05) is 61.4 Å². The maximum Gasteiger partial charge on any atom is 0.199 e. The van der Waals surface area contributed by atoms with Crippen LogP contribution in [0.4, 0.5) is 5.69 Å². The Morgan fingerprint density at radius 2 is 1.68 bits per heavy atom. The van der Waals surface area contributed by atoms with Gasteiger partial charge in [0.1, 0.15) is 0 Å². The van der Waals surface area contributed by atoms with Crippen LogP contribution in [0, 0.1) is 0 Å². The first kappa shape index (κ1) is 20.2. The lowest BCUT2D eigenvalue weighted by Crippen LogP contribution is -2.46. The van der Waals surface area contributed by atoms with E-state index in [-0.39, 0.29) is 0 Å². The van der Waals surface area contributed by atoms with Crippen molar-refractivity contribution in [1.82, 2.24) is 9.47 Å². The van der Waals surface area contributed by atoms with E-state index >= 15 is 0 Å². The zero-order valence-electron chi connectivity index (χ0n) is 18.3. The van der Waals surface area contributed by atoms with Gasteiger partial charge >= 0.3 is 0 Å². The third-order valence-corrected chi connectivity index (χ3v) is 6.98. The molecule has 0 bridgehead atoms. The van der Waals surface area contributed by atoms with Gasteiger partial charge < -0.3 is 14.6 Å². The molecule has 162 valence electrons. The molecule has 1 saturated carbocycles. The molecule has 4 nitrogen and oxygen atoms in total. The molecule has 1 aliphatic carbocycles. The van der Waals surface area contributed by atoms with Crippen molar-refractivity contribution < 1.29 is 5.11 Å².